The number of hydrogen-bond donors (Lipinski definition) is 0. The van der Waals surface area contributed by atoms with Crippen LogP contribution in [0.5, 0.6) is 5.75 Å². The van der Waals surface area contributed by atoms with Gasteiger partial charge in [-0.05, 0) is 42.0 Å². The predicted molar refractivity (Wildman–Crippen MR) is 85.3 cm³/mol. The fraction of sp³-hybridized carbons (Fsp3) is 0.0588. The molecular formula is C17H11ClOS. The van der Waals surface area contributed by atoms with Crippen LogP contribution >= 0.6 is 23.4 Å². The molecule has 1 aliphatic heterocycles. The highest BCUT2D eigenvalue weighted by Gasteiger charge is 2.16. The summed E-state index contributed by atoms with van der Waals surface area (Å²) in [5, 5.41) is 0.689. The number of methoxy groups -OCH3 is 1. The number of ether oxygens (including phenoxy) is 1. The van der Waals surface area contributed by atoms with Crippen molar-refractivity contribution in [2.75, 3.05) is 7.11 Å². The Kier molecular flexibility index (Phi) is 3.48. The first kappa shape index (κ1) is 13.2. The molecule has 0 bridgehead atoms. The molecule has 2 aromatic rings. The molecule has 0 N–H and O–H groups in total. The van der Waals surface area contributed by atoms with Crippen LogP contribution in [0.4, 0.5) is 0 Å². The third-order valence-corrected chi connectivity index (χ3v) is 4.51. The fourth-order valence-electron chi connectivity index (χ4n) is 2.12. The SMILES string of the molecule is C#CC1=Cc2ccc(OC)cc2Sc2ccc(Cl)cc21. The van der Waals surface area contributed by atoms with Crippen molar-refractivity contribution in [2.24, 2.45) is 0 Å². The van der Waals surface area contributed by atoms with E-state index in [1.165, 1.54) is 0 Å². The lowest BCUT2D eigenvalue weighted by Crippen LogP contribution is -1.85. The first-order valence-corrected chi connectivity index (χ1v) is 7.25. The summed E-state index contributed by atoms with van der Waals surface area (Å²) >= 11 is 7.76. The zero-order valence-electron chi connectivity index (χ0n) is 10.8. The molecule has 0 aliphatic carbocycles. The second kappa shape index (κ2) is 5.28. The van der Waals surface area contributed by atoms with Gasteiger partial charge in [-0.3, -0.25) is 0 Å². The maximum Gasteiger partial charge on any atom is 0.120 e. The third-order valence-electron chi connectivity index (χ3n) is 3.13. The van der Waals surface area contributed by atoms with Gasteiger partial charge >= 0.3 is 0 Å². The third kappa shape index (κ3) is 2.31. The molecule has 0 unspecified atom stereocenters. The van der Waals surface area contributed by atoms with Crippen molar-refractivity contribution in [1.82, 2.24) is 0 Å². The highest BCUT2D eigenvalue weighted by Crippen LogP contribution is 2.42. The van der Waals surface area contributed by atoms with Crippen LogP contribution in [0.25, 0.3) is 11.6 Å². The molecular weight excluding hydrogens is 288 g/mol. The Hall–Kier alpha value is -1.82. The van der Waals surface area contributed by atoms with Crippen LogP contribution in [0.1, 0.15) is 11.1 Å². The Balaban J connectivity index is 2.23. The van der Waals surface area contributed by atoms with Gasteiger partial charge in [0.05, 0.1) is 7.11 Å². The minimum absolute atomic E-state index is 0.689. The first-order valence-electron chi connectivity index (χ1n) is 6.05. The van der Waals surface area contributed by atoms with Gasteiger partial charge in [-0.1, -0.05) is 35.3 Å². The van der Waals surface area contributed by atoms with Crippen molar-refractivity contribution in [3.63, 3.8) is 0 Å². The number of terminal acetylenes is 1. The van der Waals surface area contributed by atoms with Crippen molar-refractivity contribution in [3.8, 4) is 18.1 Å². The molecule has 3 heteroatoms. The van der Waals surface area contributed by atoms with Gasteiger partial charge < -0.3 is 4.74 Å². The predicted octanol–water partition coefficient (Wildman–Crippen LogP) is 4.99. The average molecular weight is 299 g/mol. The number of allylic oxidation sites excluding steroid dienone is 1. The lowest BCUT2D eigenvalue weighted by molar-refractivity contribution is 0.413. The Bertz CT molecular complexity index is 756. The molecule has 0 aromatic heterocycles. The second-order valence-corrected chi connectivity index (χ2v) is 5.87. The maximum atomic E-state index is 6.09. The van der Waals surface area contributed by atoms with Crippen molar-refractivity contribution in [2.45, 2.75) is 9.79 Å². The molecule has 1 nitrogen and oxygen atoms in total. The molecule has 20 heavy (non-hydrogen) atoms. The number of rotatable bonds is 1. The van der Waals surface area contributed by atoms with Gasteiger partial charge in [0.15, 0.2) is 0 Å². The minimum Gasteiger partial charge on any atom is -0.497 e. The summed E-state index contributed by atoms with van der Waals surface area (Å²) in [4.78, 5) is 2.23. The number of halogens is 1. The Morgan fingerprint density at radius 1 is 1.15 bits per heavy atom. The first-order chi connectivity index (χ1) is 9.71. The van der Waals surface area contributed by atoms with E-state index in [4.69, 9.17) is 22.8 Å². The van der Waals surface area contributed by atoms with Crippen LogP contribution < -0.4 is 4.74 Å². The van der Waals surface area contributed by atoms with Crippen molar-refractivity contribution in [1.29, 1.82) is 0 Å². The van der Waals surface area contributed by atoms with E-state index in [2.05, 4.69) is 5.92 Å². The van der Waals surface area contributed by atoms with Gasteiger partial charge in [-0.2, -0.15) is 0 Å². The Morgan fingerprint density at radius 3 is 2.75 bits per heavy atom. The molecule has 0 spiro atoms. The Labute approximate surface area is 127 Å². The highest BCUT2D eigenvalue weighted by molar-refractivity contribution is 7.99. The van der Waals surface area contributed by atoms with E-state index in [-0.39, 0.29) is 0 Å². The second-order valence-electron chi connectivity index (χ2n) is 4.35. The summed E-state index contributed by atoms with van der Waals surface area (Å²) < 4.78 is 5.29. The van der Waals surface area contributed by atoms with Crippen LogP contribution in [0.15, 0.2) is 46.2 Å². The van der Waals surface area contributed by atoms with Crippen molar-refractivity contribution >= 4 is 35.0 Å². The lowest BCUT2D eigenvalue weighted by atomic mass is 10.0. The molecule has 2 aromatic carbocycles. The monoisotopic (exact) mass is 298 g/mol. The maximum absolute atomic E-state index is 6.09. The van der Waals surface area contributed by atoms with E-state index < -0.39 is 0 Å². The molecule has 0 atom stereocenters. The Morgan fingerprint density at radius 2 is 2.00 bits per heavy atom. The van der Waals surface area contributed by atoms with Crippen molar-refractivity contribution < 1.29 is 4.74 Å². The summed E-state index contributed by atoms with van der Waals surface area (Å²) in [5.41, 5.74) is 2.94. The zero-order valence-corrected chi connectivity index (χ0v) is 12.4. The molecule has 1 heterocycles. The summed E-state index contributed by atoms with van der Waals surface area (Å²) in [5.74, 6) is 3.59. The van der Waals surface area contributed by atoms with E-state index in [1.54, 1.807) is 18.9 Å². The molecule has 0 radical (unpaired) electrons. The van der Waals surface area contributed by atoms with Gasteiger partial charge in [-0.15, -0.1) is 6.42 Å². The van der Waals surface area contributed by atoms with Gasteiger partial charge in [-0.25, -0.2) is 0 Å². The van der Waals surface area contributed by atoms with Gasteiger partial charge in [0.2, 0.25) is 0 Å². The van der Waals surface area contributed by atoms with Crippen molar-refractivity contribution in [3.05, 3.63) is 52.5 Å². The summed E-state index contributed by atoms with van der Waals surface area (Å²) in [6, 6.07) is 11.8. The van der Waals surface area contributed by atoms with Crippen LogP contribution in [-0.2, 0) is 0 Å². The lowest BCUT2D eigenvalue weighted by Gasteiger charge is -2.08. The van der Waals surface area contributed by atoms with Crippen LogP contribution in [-0.4, -0.2) is 7.11 Å². The summed E-state index contributed by atoms with van der Waals surface area (Å²) in [6.45, 7) is 0. The minimum atomic E-state index is 0.689. The molecule has 0 amide bonds. The summed E-state index contributed by atoms with van der Waals surface area (Å²) in [7, 11) is 1.67. The molecule has 0 saturated heterocycles. The smallest absolute Gasteiger partial charge is 0.120 e. The van der Waals surface area contributed by atoms with E-state index in [0.717, 1.165) is 32.2 Å². The summed E-state index contributed by atoms with van der Waals surface area (Å²) in [6.07, 6.45) is 7.67. The fourth-order valence-corrected chi connectivity index (χ4v) is 3.37. The van der Waals surface area contributed by atoms with Crippen LogP contribution in [0, 0.1) is 12.3 Å². The van der Waals surface area contributed by atoms with Crippen LogP contribution in [0.2, 0.25) is 5.02 Å². The number of fused-ring (bicyclic) bond motifs is 2. The quantitative estimate of drug-likeness (QED) is 0.686. The van der Waals surface area contributed by atoms with E-state index >= 15 is 0 Å². The molecule has 1 aliphatic rings. The van der Waals surface area contributed by atoms with Gasteiger partial charge in [0.25, 0.3) is 0 Å². The molecule has 0 saturated carbocycles. The number of benzene rings is 2. The van der Waals surface area contributed by atoms with Gasteiger partial charge in [0, 0.05) is 26.0 Å². The topological polar surface area (TPSA) is 9.23 Å². The normalized spacial score (nSPS) is 12.6. The number of hydrogen-bond acceptors (Lipinski definition) is 2. The molecule has 98 valence electrons. The van der Waals surface area contributed by atoms with E-state index in [0.29, 0.717) is 5.02 Å². The standard InChI is InChI=1S/C17H11ClOS/c1-3-11-8-12-4-6-14(19-2)10-17(12)20-16-7-5-13(18)9-15(11)16/h1,4-10H,2H3. The van der Waals surface area contributed by atoms with Crippen LogP contribution in [0.3, 0.4) is 0 Å². The molecule has 3 rings (SSSR count). The van der Waals surface area contributed by atoms with Gasteiger partial charge in [0.1, 0.15) is 5.75 Å². The average Bonchev–Trinajstić information content (AvgIpc) is 2.62. The highest BCUT2D eigenvalue weighted by atomic mass is 35.5. The molecule has 0 fully saturated rings. The largest absolute Gasteiger partial charge is 0.497 e. The van der Waals surface area contributed by atoms with E-state index in [9.17, 15) is 0 Å². The van der Waals surface area contributed by atoms with E-state index in [1.807, 2.05) is 42.5 Å². The zero-order chi connectivity index (χ0) is 14.1.